The zero-order valence-corrected chi connectivity index (χ0v) is 12.8. The highest BCUT2D eigenvalue weighted by molar-refractivity contribution is 7.13. The summed E-state index contributed by atoms with van der Waals surface area (Å²) in [5.74, 6) is 0.226. The molecule has 0 bridgehead atoms. The quantitative estimate of drug-likeness (QED) is 0.865. The Kier molecular flexibility index (Phi) is 3.82. The lowest BCUT2D eigenvalue weighted by Gasteiger charge is -2.31. The van der Waals surface area contributed by atoms with Crippen LogP contribution in [0.5, 0.6) is 0 Å². The third-order valence-corrected chi connectivity index (χ3v) is 5.52. The summed E-state index contributed by atoms with van der Waals surface area (Å²) >= 11 is 1.47. The van der Waals surface area contributed by atoms with E-state index < -0.39 is 0 Å². The van der Waals surface area contributed by atoms with E-state index in [0.29, 0.717) is 17.4 Å². The summed E-state index contributed by atoms with van der Waals surface area (Å²) in [7, 11) is 0. The van der Waals surface area contributed by atoms with Crippen LogP contribution in [0.3, 0.4) is 0 Å². The van der Waals surface area contributed by atoms with Crippen molar-refractivity contribution in [3.05, 3.63) is 15.6 Å². The molecule has 2 N–H and O–H groups in total. The van der Waals surface area contributed by atoms with Gasteiger partial charge in [-0.1, -0.05) is 19.3 Å². The van der Waals surface area contributed by atoms with Crippen molar-refractivity contribution in [1.29, 1.82) is 0 Å². The van der Waals surface area contributed by atoms with Crippen LogP contribution in [0, 0.1) is 0 Å². The van der Waals surface area contributed by atoms with Crippen molar-refractivity contribution in [2.75, 3.05) is 6.61 Å². The first-order chi connectivity index (χ1) is 9.64. The molecule has 0 atom stereocenters. The molecule has 0 aromatic carbocycles. The van der Waals surface area contributed by atoms with Crippen LogP contribution in [-0.2, 0) is 10.3 Å². The van der Waals surface area contributed by atoms with E-state index in [1.807, 2.05) is 6.92 Å². The highest BCUT2D eigenvalue weighted by Gasteiger charge is 2.38. The van der Waals surface area contributed by atoms with Crippen molar-refractivity contribution in [3.8, 4) is 0 Å². The number of hydrogen-bond acceptors (Lipinski definition) is 5. The molecule has 5 heteroatoms. The molecule has 2 fully saturated rings. The predicted octanol–water partition coefficient (Wildman–Crippen LogP) is 3.32. The van der Waals surface area contributed by atoms with Crippen LogP contribution in [-0.4, -0.2) is 17.6 Å². The molecular weight excluding hydrogens is 272 g/mol. The van der Waals surface area contributed by atoms with Gasteiger partial charge in [0.15, 0.2) is 0 Å². The van der Waals surface area contributed by atoms with Crippen molar-refractivity contribution in [3.63, 3.8) is 0 Å². The lowest BCUT2D eigenvalue weighted by atomic mass is 9.83. The van der Waals surface area contributed by atoms with Crippen LogP contribution in [0.2, 0.25) is 0 Å². The molecule has 1 heterocycles. The Morgan fingerprint density at radius 3 is 2.70 bits per heavy atom. The Balaban J connectivity index is 1.92. The normalized spacial score (nSPS) is 21.7. The molecular formula is C15H22N2O2S. The van der Waals surface area contributed by atoms with Crippen molar-refractivity contribution in [2.24, 2.45) is 5.73 Å². The van der Waals surface area contributed by atoms with Gasteiger partial charge in [0, 0.05) is 5.92 Å². The molecule has 0 aliphatic heterocycles. The van der Waals surface area contributed by atoms with E-state index in [-0.39, 0.29) is 11.5 Å². The number of aromatic nitrogens is 1. The van der Waals surface area contributed by atoms with E-state index in [4.69, 9.17) is 15.5 Å². The maximum Gasteiger partial charge on any atom is 0.350 e. The van der Waals surface area contributed by atoms with Gasteiger partial charge in [0.2, 0.25) is 0 Å². The van der Waals surface area contributed by atoms with E-state index in [1.165, 1.54) is 17.8 Å². The van der Waals surface area contributed by atoms with Crippen LogP contribution in [0.4, 0.5) is 0 Å². The number of carbonyl (C=O) groups excluding carboxylic acids is 1. The molecule has 0 radical (unpaired) electrons. The summed E-state index contributed by atoms with van der Waals surface area (Å²) in [4.78, 5) is 17.6. The third kappa shape index (κ3) is 2.61. The second-order valence-corrected chi connectivity index (χ2v) is 6.94. The van der Waals surface area contributed by atoms with Crippen LogP contribution >= 0.6 is 11.3 Å². The number of carbonyl (C=O) groups is 1. The van der Waals surface area contributed by atoms with Crippen LogP contribution < -0.4 is 5.73 Å². The Labute approximate surface area is 123 Å². The van der Waals surface area contributed by atoms with Crippen molar-refractivity contribution < 1.29 is 9.53 Å². The van der Waals surface area contributed by atoms with Gasteiger partial charge >= 0.3 is 5.97 Å². The SMILES string of the molecule is CCOC(=O)c1sc(C2(N)CCCCC2)nc1C1CC1. The minimum atomic E-state index is -0.322. The fourth-order valence-electron chi connectivity index (χ4n) is 2.92. The first kappa shape index (κ1) is 14.0. The van der Waals surface area contributed by atoms with E-state index in [9.17, 15) is 4.79 Å². The number of esters is 1. The zero-order chi connectivity index (χ0) is 14.2. The van der Waals surface area contributed by atoms with Gasteiger partial charge in [0.05, 0.1) is 17.8 Å². The summed E-state index contributed by atoms with van der Waals surface area (Å²) in [6.07, 6.45) is 7.79. The number of nitrogens with zero attached hydrogens (tertiary/aromatic N) is 1. The molecule has 2 aliphatic rings. The molecule has 0 amide bonds. The Bertz CT molecular complexity index is 502. The second-order valence-electron chi connectivity index (χ2n) is 5.94. The molecule has 4 nitrogen and oxygen atoms in total. The molecule has 1 aromatic rings. The average Bonchev–Trinajstić information content (AvgIpc) is 3.18. The molecule has 2 aliphatic carbocycles. The number of ether oxygens (including phenoxy) is 1. The van der Waals surface area contributed by atoms with Gasteiger partial charge in [0.1, 0.15) is 9.88 Å². The van der Waals surface area contributed by atoms with Crippen molar-refractivity contribution in [2.45, 2.75) is 63.3 Å². The fraction of sp³-hybridized carbons (Fsp3) is 0.733. The molecule has 3 rings (SSSR count). The van der Waals surface area contributed by atoms with Crippen molar-refractivity contribution in [1.82, 2.24) is 4.98 Å². The summed E-state index contributed by atoms with van der Waals surface area (Å²) in [6, 6.07) is 0. The molecule has 1 aromatic heterocycles. The smallest absolute Gasteiger partial charge is 0.350 e. The molecule has 110 valence electrons. The first-order valence-electron chi connectivity index (χ1n) is 7.61. The van der Waals surface area contributed by atoms with E-state index in [1.54, 1.807) is 0 Å². The van der Waals surface area contributed by atoms with Crippen LogP contribution in [0.25, 0.3) is 0 Å². The van der Waals surface area contributed by atoms with Gasteiger partial charge in [-0.3, -0.25) is 0 Å². The Morgan fingerprint density at radius 1 is 1.40 bits per heavy atom. The van der Waals surface area contributed by atoms with Crippen LogP contribution in [0.15, 0.2) is 0 Å². The van der Waals surface area contributed by atoms with Gasteiger partial charge in [-0.2, -0.15) is 0 Å². The number of thiazole rings is 1. The Hall–Kier alpha value is -0.940. The number of hydrogen-bond donors (Lipinski definition) is 1. The maximum absolute atomic E-state index is 12.1. The summed E-state index contributed by atoms with van der Waals surface area (Å²) in [5, 5.41) is 0.946. The van der Waals surface area contributed by atoms with Gasteiger partial charge < -0.3 is 10.5 Å². The standard InChI is InChI=1S/C15H22N2O2S/c1-2-19-13(18)12-11(10-6-7-10)17-14(20-12)15(16)8-4-3-5-9-15/h10H,2-9,16H2,1H3. The molecule has 2 saturated carbocycles. The van der Waals surface area contributed by atoms with Crippen LogP contribution in [0.1, 0.15) is 78.2 Å². The van der Waals surface area contributed by atoms with E-state index in [2.05, 4.69) is 0 Å². The molecule has 0 saturated heterocycles. The summed E-state index contributed by atoms with van der Waals surface area (Å²) < 4.78 is 5.17. The minimum absolute atomic E-state index is 0.224. The zero-order valence-electron chi connectivity index (χ0n) is 12.0. The summed E-state index contributed by atoms with van der Waals surface area (Å²) in [6.45, 7) is 2.24. The average molecular weight is 294 g/mol. The largest absolute Gasteiger partial charge is 0.462 e. The minimum Gasteiger partial charge on any atom is -0.462 e. The monoisotopic (exact) mass is 294 g/mol. The highest BCUT2D eigenvalue weighted by Crippen LogP contribution is 2.45. The summed E-state index contributed by atoms with van der Waals surface area (Å²) in [5.41, 5.74) is 7.17. The van der Waals surface area contributed by atoms with Crippen molar-refractivity contribution >= 4 is 17.3 Å². The lowest BCUT2D eigenvalue weighted by Crippen LogP contribution is -2.38. The molecule has 0 unspecified atom stereocenters. The van der Waals surface area contributed by atoms with Gasteiger partial charge in [0.25, 0.3) is 0 Å². The third-order valence-electron chi connectivity index (χ3n) is 4.25. The number of nitrogens with two attached hydrogens (primary N) is 1. The fourth-order valence-corrected chi connectivity index (χ4v) is 4.12. The van der Waals surface area contributed by atoms with Gasteiger partial charge in [-0.25, -0.2) is 9.78 Å². The maximum atomic E-state index is 12.1. The second kappa shape index (κ2) is 5.45. The topological polar surface area (TPSA) is 65.2 Å². The predicted molar refractivity (Wildman–Crippen MR) is 79.0 cm³/mol. The molecule has 20 heavy (non-hydrogen) atoms. The van der Waals surface area contributed by atoms with E-state index in [0.717, 1.165) is 49.2 Å². The first-order valence-corrected chi connectivity index (χ1v) is 8.43. The molecule has 0 spiro atoms. The van der Waals surface area contributed by atoms with Gasteiger partial charge in [-0.15, -0.1) is 11.3 Å². The highest BCUT2D eigenvalue weighted by atomic mass is 32.1. The van der Waals surface area contributed by atoms with E-state index >= 15 is 0 Å². The lowest BCUT2D eigenvalue weighted by molar-refractivity contribution is 0.0530. The van der Waals surface area contributed by atoms with Gasteiger partial charge in [-0.05, 0) is 32.6 Å². The number of rotatable bonds is 4. The Morgan fingerprint density at radius 2 is 2.10 bits per heavy atom.